The van der Waals surface area contributed by atoms with E-state index >= 15 is 0 Å². The minimum atomic E-state index is -1.19. The van der Waals surface area contributed by atoms with Gasteiger partial charge >= 0.3 is 0 Å². The molecule has 2 aliphatic carbocycles. The monoisotopic (exact) mass is 479 g/mol. The van der Waals surface area contributed by atoms with Gasteiger partial charge in [-0.3, -0.25) is 9.59 Å². The van der Waals surface area contributed by atoms with Gasteiger partial charge in [0, 0.05) is 22.3 Å². The van der Waals surface area contributed by atoms with E-state index in [-0.39, 0.29) is 23.3 Å². The summed E-state index contributed by atoms with van der Waals surface area (Å²) in [7, 11) is 0. The van der Waals surface area contributed by atoms with E-state index in [9.17, 15) is 19.5 Å². The first-order valence-corrected chi connectivity index (χ1v) is 12.6. The first-order chi connectivity index (χ1) is 16.0. The smallest absolute Gasteiger partial charge is 0.252 e. The third kappa shape index (κ3) is 3.96. The molecule has 4 rings (SSSR count). The summed E-state index contributed by atoms with van der Waals surface area (Å²) in [4.78, 5) is 38.9. The number of carbonyl (C=O) groups is 3. The largest absolute Gasteiger partial charge is 0.550 e. The van der Waals surface area contributed by atoms with Crippen molar-refractivity contribution >= 4 is 34.1 Å². The maximum absolute atomic E-state index is 13.5. The van der Waals surface area contributed by atoms with Gasteiger partial charge in [-0.1, -0.05) is 49.3 Å². The molecule has 0 saturated heterocycles. The molecule has 7 heteroatoms. The Kier molecular flexibility index (Phi) is 6.42. The third-order valence-electron chi connectivity index (χ3n) is 7.43. The van der Waals surface area contributed by atoms with Crippen LogP contribution >= 0.6 is 11.3 Å². The Morgan fingerprint density at radius 1 is 1.06 bits per heavy atom. The predicted molar refractivity (Wildman–Crippen MR) is 132 cm³/mol. The fraction of sp³-hybridized carbons (Fsp3) is 0.444. The number of aryl methyl sites for hydroxylation is 1. The van der Waals surface area contributed by atoms with Crippen molar-refractivity contribution in [1.29, 1.82) is 0 Å². The number of allylic oxidation sites excluding steroid dienone is 2. The van der Waals surface area contributed by atoms with Crippen LogP contribution in [0.1, 0.15) is 67.3 Å². The fourth-order valence-electron chi connectivity index (χ4n) is 6.04. The fourth-order valence-corrected chi connectivity index (χ4v) is 7.12. The standard InChI is InChI=1S/C27H32N2O4S/c1-12(2)15-6-8-16(9-7-15)20-14(5)34-26(23(20)24(28)30)29-25(31)21-17-10-11-18(19(17)13(3)4)22(21)27(32)33/h6-9,12,17-18,21-22H,10-11H2,1-5H3,(H2,28,30)(H,29,31)(H,32,33)/p-1/t17-,18+,21-,22-/m0/s1. The summed E-state index contributed by atoms with van der Waals surface area (Å²) in [5.41, 5.74) is 10.9. The molecule has 0 unspecified atom stereocenters. The summed E-state index contributed by atoms with van der Waals surface area (Å²) >= 11 is 1.29. The molecule has 34 heavy (non-hydrogen) atoms. The van der Waals surface area contributed by atoms with E-state index in [0.29, 0.717) is 16.5 Å². The predicted octanol–water partition coefficient (Wildman–Crippen LogP) is 4.24. The second kappa shape index (κ2) is 9.02. The number of anilines is 1. The van der Waals surface area contributed by atoms with Crippen LogP contribution in [0.5, 0.6) is 0 Å². The molecule has 2 fully saturated rings. The lowest BCUT2D eigenvalue weighted by Crippen LogP contribution is -2.44. The highest BCUT2D eigenvalue weighted by molar-refractivity contribution is 7.17. The van der Waals surface area contributed by atoms with E-state index in [1.165, 1.54) is 16.9 Å². The number of hydrogen-bond donors (Lipinski definition) is 2. The van der Waals surface area contributed by atoms with Crippen molar-refractivity contribution in [2.24, 2.45) is 29.4 Å². The van der Waals surface area contributed by atoms with E-state index in [1.54, 1.807) is 0 Å². The van der Waals surface area contributed by atoms with Gasteiger partial charge in [-0.25, -0.2) is 0 Å². The Balaban J connectivity index is 1.70. The molecule has 4 atom stereocenters. The van der Waals surface area contributed by atoms with Crippen LogP contribution in [0.15, 0.2) is 35.4 Å². The van der Waals surface area contributed by atoms with Gasteiger partial charge in [-0.15, -0.1) is 11.3 Å². The quantitative estimate of drug-likeness (QED) is 0.603. The van der Waals surface area contributed by atoms with Crippen LogP contribution in [-0.4, -0.2) is 17.8 Å². The molecule has 3 N–H and O–H groups in total. The number of hydrogen-bond acceptors (Lipinski definition) is 5. The molecule has 1 aromatic heterocycles. The molecule has 2 bridgehead atoms. The van der Waals surface area contributed by atoms with Gasteiger partial charge in [0.05, 0.1) is 11.5 Å². The lowest BCUT2D eigenvalue weighted by atomic mass is 9.78. The molecule has 0 radical (unpaired) electrons. The average molecular weight is 480 g/mol. The van der Waals surface area contributed by atoms with Crippen molar-refractivity contribution in [2.75, 3.05) is 5.32 Å². The first kappa shape index (κ1) is 24.2. The van der Waals surface area contributed by atoms with E-state index in [1.807, 2.05) is 45.0 Å². The van der Waals surface area contributed by atoms with Crippen molar-refractivity contribution in [3.8, 4) is 11.1 Å². The summed E-state index contributed by atoms with van der Waals surface area (Å²) in [5.74, 6) is -3.66. The molecule has 180 valence electrons. The van der Waals surface area contributed by atoms with Crippen molar-refractivity contribution < 1.29 is 19.5 Å². The zero-order chi connectivity index (χ0) is 24.9. The highest BCUT2D eigenvalue weighted by Crippen LogP contribution is 2.57. The second-order valence-corrected chi connectivity index (χ2v) is 11.2. The summed E-state index contributed by atoms with van der Waals surface area (Å²) in [5, 5.41) is 15.3. The van der Waals surface area contributed by atoms with Crippen LogP contribution in [0.4, 0.5) is 5.00 Å². The number of carboxylic acid groups (broad SMARTS) is 1. The van der Waals surface area contributed by atoms with Gasteiger partial charge in [0.2, 0.25) is 5.91 Å². The normalized spacial score (nSPS) is 23.4. The summed E-state index contributed by atoms with van der Waals surface area (Å²) in [6, 6.07) is 7.98. The molecular formula is C27H31N2O4S-. The average Bonchev–Trinajstić information content (AvgIpc) is 3.42. The minimum Gasteiger partial charge on any atom is -0.550 e. The van der Waals surface area contributed by atoms with E-state index < -0.39 is 23.7 Å². The Hall–Kier alpha value is -2.93. The van der Waals surface area contributed by atoms with Crippen LogP contribution in [-0.2, 0) is 9.59 Å². The van der Waals surface area contributed by atoms with E-state index in [0.717, 1.165) is 34.4 Å². The maximum Gasteiger partial charge on any atom is 0.252 e. The molecule has 0 spiro atoms. The zero-order valence-corrected chi connectivity index (χ0v) is 21.0. The molecule has 2 amide bonds. The Morgan fingerprint density at radius 2 is 1.65 bits per heavy atom. The molecule has 0 aliphatic heterocycles. The van der Waals surface area contributed by atoms with Crippen molar-refractivity contribution in [3.63, 3.8) is 0 Å². The lowest BCUT2D eigenvalue weighted by Gasteiger charge is -2.30. The van der Waals surface area contributed by atoms with Crippen LogP contribution < -0.4 is 16.2 Å². The van der Waals surface area contributed by atoms with E-state index in [2.05, 4.69) is 19.2 Å². The molecule has 1 heterocycles. The SMILES string of the molecule is CC(C)=C1[C@H]2CC[C@@H]1[C@H](C(=O)Nc1sc(C)c(-c3ccc(C(C)C)cc3)c1C(N)=O)[C@H]2C(=O)[O-]. The van der Waals surface area contributed by atoms with Crippen molar-refractivity contribution in [3.05, 3.63) is 51.4 Å². The number of rotatable bonds is 6. The van der Waals surface area contributed by atoms with Gasteiger partial charge in [0.15, 0.2) is 0 Å². The van der Waals surface area contributed by atoms with Gasteiger partial charge in [0.1, 0.15) is 5.00 Å². The number of nitrogens with two attached hydrogens (primary N) is 1. The number of aliphatic carboxylic acids is 1. The third-order valence-corrected chi connectivity index (χ3v) is 8.45. The summed E-state index contributed by atoms with van der Waals surface area (Å²) in [6.45, 7) is 10.1. The number of carboxylic acids is 1. The zero-order valence-electron chi connectivity index (χ0n) is 20.2. The van der Waals surface area contributed by atoms with Crippen LogP contribution in [0.3, 0.4) is 0 Å². The molecule has 2 aromatic rings. The second-order valence-electron chi connectivity index (χ2n) is 9.98. The van der Waals surface area contributed by atoms with Gasteiger partial charge in [-0.2, -0.15) is 0 Å². The molecular weight excluding hydrogens is 448 g/mol. The molecule has 2 aliphatic rings. The van der Waals surface area contributed by atoms with Crippen molar-refractivity contribution in [1.82, 2.24) is 0 Å². The molecule has 2 saturated carbocycles. The number of fused-ring (bicyclic) bond motifs is 2. The number of benzene rings is 1. The number of amides is 2. The number of nitrogens with one attached hydrogen (secondary N) is 1. The van der Waals surface area contributed by atoms with E-state index in [4.69, 9.17) is 5.73 Å². The highest BCUT2D eigenvalue weighted by Gasteiger charge is 2.54. The molecule has 6 nitrogen and oxygen atoms in total. The molecule has 1 aromatic carbocycles. The Bertz CT molecular complexity index is 1190. The lowest BCUT2D eigenvalue weighted by molar-refractivity contribution is -0.314. The highest BCUT2D eigenvalue weighted by atomic mass is 32.1. The number of primary amides is 1. The van der Waals surface area contributed by atoms with Gasteiger partial charge < -0.3 is 21.0 Å². The topological polar surface area (TPSA) is 112 Å². The van der Waals surface area contributed by atoms with Crippen LogP contribution in [0.25, 0.3) is 11.1 Å². The number of carbonyl (C=O) groups excluding carboxylic acids is 3. The summed E-state index contributed by atoms with van der Waals surface area (Å²) in [6.07, 6.45) is 1.54. The van der Waals surface area contributed by atoms with Crippen LogP contribution in [0.2, 0.25) is 0 Å². The van der Waals surface area contributed by atoms with Gasteiger partial charge in [-0.05, 0) is 62.5 Å². The first-order valence-electron chi connectivity index (χ1n) is 11.7. The van der Waals surface area contributed by atoms with Gasteiger partial charge in [0.25, 0.3) is 5.91 Å². The maximum atomic E-state index is 13.5. The van der Waals surface area contributed by atoms with Crippen molar-refractivity contribution in [2.45, 2.75) is 53.4 Å². The Labute approximate surface area is 204 Å². The summed E-state index contributed by atoms with van der Waals surface area (Å²) < 4.78 is 0. The Morgan fingerprint density at radius 3 is 2.15 bits per heavy atom. The number of thiophene rings is 1. The van der Waals surface area contributed by atoms with Crippen LogP contribution in [0, 0.1) is 30.6 Å². The minimum absolute atomic E-state index is 0.112.